The first kappa shape index (κ1) is 16.3. The summed E-state index contributed by atoms with van der Waals surface area (Å²) in [6.07, 6.45) is 2.11. The Morgan fingerprint density at radius 3 is 2.50 bits per heavy atom. The smallest absolute Gasteiger partial charge is 0.163 e. The van der Waals surface area contributed by atoms with Crippen LogP contribution >= 0.6 is 0 Å². The summed E-state index contributed by atoms with van der Waals surface area (Å²) in [6, 6.07) is 13.9. The highest BCUT2D eigenvalue weighted by Gasteiger charge is 2.29. The number of benzene rings is 2. The number of hydrogen-bond acceptors (Lipinski definition) is 3. The standard InChI is InChI=1S/C21H22O3/c1-5-23-19-12-20-17(11-16(19)14(2)22)18(13-21(3,4)24-20)15-9-7-6-8-10-15/h6-13H,5H2,1-4H3. The van der Waals surface area contributed by atoms with Gasteiger partial charge in [-0.15, -0.1) is 0 Å². The highest BCUT2D eigenvalue weighted by Crippen LogP contribution is 2.42. The van der Waals surface area contributed by atoms with Crippen molar-refractivity contribution in [3.63, 3.8) is 0 Å². The zero-order valence-electron chi connectivity index (χ0n) is 14.6. The van der Waals surface area contributed by atoms with Crippen LogP contribution in [0.15, 0.2) is 48.5 Å². The molecule has 0 saturated carbocycles. The Labute approximate surface area is 142 Å². The molecule has 24 heavy (non-hydrogen) atoms. The van der Waals surface area contributed by atoms with Crippen LogP contribution in [0.3, 0.4) is 0 Å². The minimum Gasteiger partial charge on any atom is -0.493 e. The van der Waals surface area contributed by atoms with Crippen molar-refractivity contribution in [2.24, 2.45) is 0 Å². The molecular formula is C21H22O3. The minimum absolute atomic E-state index is 0.0153. The highest BCUT2D eigenvalue weighted by molar-refractivity contribution is 5.99. The van der Waals surface area contributed by atoms with Gasteiger partial charge in [0, 0.05) is 11.6 Å². The van der Waals surface area contributed by atoms with Gasteiger partial charge in [0.05, 0.1) is 12.2 Å². The van der Waals surface area contributed by atoms with Crippen molar-refractivity contribution >= 4 is 11.4 Å². The molecule has 0 bridgehead atoms. The SMILES string of the molecule is CCOc1cc2c(cc1C(C)=O)C(c1ccccc1)=CC(C)(C)O2. The molecule has 0 aromatic heterocycles. The first-order valence-corrected chi connectivity index (χ1v) is 8.21. The molecule has 2 aromatic rings. The van der Waals surface area contributed by atoms with E-state index in [1.54, 1.807) is 6.92 Å². The van der Waals surface area contributed by atoms with Crippen LogP contribution in [0.4, 0.5) is 0 Å². The maximum absolute atomic E-state index is 12.1. The van der Waals surface area contributed by atoms with E-state index in [0.717, 1.165) is 22.4 Å². The third kappa shape index (κ3) is 3.07. The van der Waals surface area contributed by atoms with Gasteiger partial charge in [-0.05, 0) is 51.0 Å². The fraction of sp³-hybridized carbons (Fsp3) is 0.286. The van der Waals surface area contributed by atoms with E-state index in [-0.39, 0.29) is 5.78 Å². The van der Waals surface area contributed by atoms with E-state index in [1.165, 1.54) is 0 Å². The molecule has 124 valence electrons. The van der Waals surface area contributed by atoms with E-state index in [1.807, 2.05) is 51.1 Å². The van der Waals surface area contributed by atoms with Gasteiger partial charge in [0.2, 0.25) is 0 Å². The Bertz CT molecular complexity index is 801. The summed E-state index contributed by atoms with van der Waals surface area (Å²) < 4.78 is 11.8. The number of ether oxygens (including phenoxy) is 2. The third-order valence-corrected chi connectivity index (χ3v) is 4.00. The van der Waals surface area contributed by atoms with Gasteiger partial charge < -0.3 is 9.47 Å². The monoisotopic (exact) mass is 322 g/mol. The average Bonchev–Trinajstić information content (AvgIpc) is 2.53. The summed E-state index contributed by atoms with van der Waals surface area (Å²) in [5, 5.41) is 0. The van der Waals surface area contributed by atoms with Crippen molar-refractivity contribution in [1.29, 1.82) is 0 Å². The molecule has 0 spiro atoms. The van der Waals surface area contributed by atoms with Crippen LogP contribution in [-0.2, 0) is 0 Å². The number of hydrogen-bond donors (Lipinski definition) is 0. The molecule has 1 heterocycles. The highest BCUT2D eigenvalue weighted by atomic mass is 16.5. The van der Waals surface area contributed by atoms with Crippen LogP contribution in [0.5, 0.6) is 11.5 Å². The van der Waals surface area contributed by atoms with Crippen LogP contribution in [0, 0.1) is 0 Å². The molecule has 3 rings (SSSR count). The molecule has 0 unspecified atom stereocenters. The van der Waals surface area contributed by atoms with Crippen LogP contribution in [0.25, 0.3) is 5.57 Å². The lowest BCUT2D eigenvalue weighted by molar-refractivity contribution is 0.101. The van der Waals surface area contributed by atoms with Gasteiger partial charge in [0.25, 0.3) is 0 Å². The van der Waals surface area contributed by atoms with Gasteiger partial charge in [0.15, 0.2) is 5.78 Å². The second-order valence-corrected chi connectivity index (χ2v) is 6.46. The fourth-order valence-corrected chi connectivity index (χ4v) is 3.00. The zero-order valence-corrected chi connectivity index (χ0v) is 14.6. The topological polar surface area (TPSA) is 35.5 Å². The van der Waals surface area contributed by atoms with Crippen LogP contribution in [0.1, 0.15) is 49.2 Å². The molecule has 0 saturated heterocycles. The lowest BCUT2D eigenvalue weighted by Gasteiger charge is -2.32. The molecule has 0 aliphatic carbocycles. The molecule has 0 amide bonds. The van der Waals surface area contributed by atoms with Crippen molar-refractivity contribution in [2.45, 2.75) is 33.3 Å². The molecule has 2 aromatic carbocycles. The number of carbonyl (C=O) groups is 1. The Balaban J connectivity index is 2.22. The van der Waals surface area contributed by atoms with Gasteiger partial charge in [-0.2, -0.15) is 0 Å². The maximum atomic E-state index is 12.1. The maximum Gasteiger partial charge on any atom is 0.163 e. The minimum atomic E-state index is -0.431. The number of carbonyl (C=O) groups excluding carboxylic acids is 1. The van der Waals surface area contributed by atoms with Crippen molar-refractivity contribution < 1.29 is 14.3 Å². The Kier molecular flexibility index (Phi) is 4.18. The zero-order chi connectivity index (χ0) is 17.3. The van der Waals surface area contributed by atoms with Gasteiger partial charge >= 0.3 is 0 Å². The average molecular weight is 322 g/mol. The molecule has 3 heteroatoms. The van der Waals surface area contributed by atoms with Crippen molar-refractivity contribution in [2.75, 3.05) is 6.61 Å². The van der Waals surface area contributed by atoms with Gasteiger partial charge in [0.1, 0.15) is 17.1 Å². The molecule has 0 atom stereocenters. The second-order valence-electron chi connectivity index (χ2n) is 6.46. The van der Waals surface area contributed by atoms with E-state index in [2.05, 4.69) is 18.2 Å². The Morgan fingerprint density at radius 1 is 1.17 bits per heavy atom. The van der Waals surface area contributed by atoms with Crippen molar-refractivity contribution in [1.82, 2.24) is 0 Å². The van der Waals surface area contributed by atoms with Gasteiger partial charge in [-0.1, -0.05) is 30.3 Å². The fourth-order valence-electron chi connectivity index (χ4n) is 3.00. The van der Waals surface area contributed by atoms with Crippen molar-refractivity contribution in [3.05, 3.63) is 65.2 Å². The lowest BCUT2D eigenvalue weighted by atomic mass is 9.88. The third-order valence-electron chi connectivity index (χ3n) is 4.00. The normalized spacial score (nSPS) is 15.1. The molecule has 0 fully saturated rings. The number of Topliss-reactive ketones (excluding diaryl/α,β-unsaturated/α-hetero) is 1. The van der Waals surface area contributed by atoms with E-state index < -0.39 is 5.60 Å². The quantitative estimate of drug-likeness (QED) is 0.752. The van der Waals surface area contributed by atoms with Crippen LogP contribution in [-0.4, -0.2) is 18.0 Å². The van der Waals surface area contributed by atoms with E-state index in [0.29, 0.717) is 17.9 Å². The first-order valence-electron chi connectivity index (χ1n) is 8.21. The van der Waals surface area contributed by atoms with E-state index >= 15 is 0 Å². The molecule has 3 nitrogen and oxygen atoms in total. The Hall–Kier alpha value is -2.55. The van der Waals surface area contributed by atoms with E-state index in [9.17, 15) is 4.79 Å². The first-order chi connectivity index (χ1) is 11.4. The Morgan fingerprint density at radius 2 is 1.88 bits per heavy atom. The second kappa shape index (κ2) is 6.16. The summed E-state index contributed by atoms with van der Waals surface area (Å²) in [6.45, 7) is 8.02. The summed E-state index contributed by atoms with van der Waals surface area (Å²) in [4.78, 5) is 12.1. The van der Waals surface area contributed by atoms with Crippen molar-refractivity contribution in [3.8, 4) is 11.5 Å². The van der Waals surface area contributed by atoms with Crippen LogP contribution < -0.4 is 9.47 Å². The van der Waals surface area contributed by atoms with Gasteiger partial charge in [-0.25, -0.2) is 0 Å². The summed E-state index contributed by atoms with van der Waals surface area (Å²) >= 11 is 0. The molecule has 1 aliphatic rings. The lowest BCUT2D eigenvalue weighted by Crippen LogP contribution is -2.29. The predicted octanol–water partition coefficient (Wildman–Crippen LogP) is 4.89. The molecule has 0 N–H and O–H groups in total. The summed E-state index contributed by atoms with van der Waals surface area (Å²) in [7, 11) is 0. The molecular weight excluding hydrogens is 300 g/mol. The molecule has 0 radical (unpaired) electrons. The summed E-state index contributed by atoms with van der Waals surface area (Å²) in [5.41, 5.74) is 3.26. The number of rotatable bonds is 4. The van der Waals surface area contributed by atoms with Crippen LogP contribution in [0.2, 0.25) is 0 Å². The van der Waals surface area contributed by atoms with Gasteiger partial charge in [-0.3, -0.25) is 4.79 Å². The summed E-state index contributed by atoms with van der Waals surface area (Å²) in [5.74, 6) is 1.31. The van der Waals surface area contributed by atoms with E-state index in [4.69, 9.17) is 9.47 Å². The number of ketones is 1. The predicted molar refractivity (Wildman–Crippen MR) is 95.8 cm³/mol. The molecule has 1 aliphatic heterocycles. The largest absolute Gasteiger partial charge is 0.493 e. The number of fused-ring (bicyclic) bond motifs is 1.